The lowest BCUT2D eigenvalue weighted by Gasteiger charge is -2.18. The molecule has 0 radical (unpaired) electrons. The number of nitrogen functional groups attached to an aromatic ring is 1. The van der Waals surface area contributed by atoms with Crippen molar-refractivity contribution in [3.63, 3.8) is 0 Å². The van der Waals surface area contributed by atoms with E-state index in [1.54, 1.807) is 6.07 Å². The summed E-state index contributed by atoms with van der Waals surface area (Å²) in [7, 11) is 0. The molecule has 0 bridgehead atoms. The van der Waals surface area contributed by atoms with Crippen molar-refractivity contribution in [2.45, 2.75) is 5.03 Å². The van der Waals surface area contributed by atoms with Crippen LogP contribution in [-0.4, -0.2) is 48.2 Å². The molecule has 3 aromatic heterocycles. The van der Waals surface area contributed by atoms with Gasteiger partial charge in [0, 0.05) is 16.2 Å². The first-order valence-electron chi connectivity index (χ1n) is 9.37. The zero-order valence-electron chi connectivity index (χ0n) is 16.6. The molecule has 0 unspecified atom stereocenters. The lowest BCUT2D eigenvalue weighted by molar-refractivity contribution is -0.759. The molecule has 4 rings (SSSR count). The van der Waals surface area contributed by atoms with Gasteiger partial charge in [-0.3, -0.25) is 4.52 Å². The summed E-state index contributed by atoms with van der Waals surface area (Å²) in [4.78, 5) is 10.3. The number of aromatic nitrogens is 3. The minimum absolute atomic E-state index is 0.00331. The quantitative estimate of drug-likeness (QED) is 0.234. The molecule has 0 spiro atoms. The Morgan fingerprint density at radius 2 is 2.12 bits per heavy atom. The van der Waals surface area contributed by atoms with E-state index in [2.05, 4.69) is 21.3 Å². The van der Waals surface area contributed by atoms with E-state index in [0.717, 1.165) is 16.6 Å². The standard InChI is InChI=1S/C19H16N8O3S2/c20-8-12-17(14-2-1-7-31-14)13(9-21)19(24-18(12)22)32-11-15(28)23-16-10-27(25-30-16)26-3-5-29-6-4-26/h1-2,7,10H,3-6,11H2,(H2-,22,23,24,25,28). The van der Waals surface area contributed by atoms with Gasteiger partial charge in [0.25, 0.3) is 6.20 Å². The first kappa shape index (κ1) is 21.6. The monoisotopic (exact) mass is 468 g/mol. The topological polar surface area (TPSA) is 164 Å². The Bertz CT molecular complexity index is 1220. The normalized spacial score (nSPS) is 14.2. The van der Waals surface area contributed by atoms with Crippen LogP contribution in [0.4, 0.5) is 11.7 Å². The highest BCUT2D eigenvalue weighted by Crippen LogP contribution is 2.37. The van der Waals surface area contributed by atoms with Crippen LogP contribution in [0.2, 0.25) is 0 Å². The zero-order valence-corrected chi connectivity index (χ0v) is 18.2. The van der Waals surface area contributed by atoms with Crippen LogP contribution in [0.5, 0.6) is 0 Å². The van der Waals surface area contributed by atoms with Gasteiger partial charge in [0.1, 0.15) is 28.5 Å². The number of ether oxygens (including phenoxy) is 1. The van der Waals surface area contributed by atoms with E-state index in [1.165, 1.54) is 22.3 Å². The second-order valence-electron chi connectivity index (χ2n) is 6.45. The van der Waals surface area contributed by atoms with E-state index in [-0.39, 0.29) is 33.6 Å². The SMILES string of the molecule is N#Cc1c(N)nc(SC/C([O-])=N\c2c[n+](N3CCOCC3)no2)c(C#N)c1-c1cccs1. The summed E-state index contributed by atoms with van der Waals surface area (Å²) >= 11 is 2.40. The van der Waals surface area contributed by atoms with Gasteiger partial charge in [-0.05, 0) is 17.3 Å². The molecule has 162 valence electrons. The predicted octanol–water partition coefficient (Wildman–Crippen LogP) is 0.562. The molecule has 1 saturated heterocycles. The smallest absolute Gasteiger partial charge is 0.324 e. The van der Waals surface area contributed by atoms with Crippen LogP contribution in [0, 0.1) is 22.7 Å². The maximum atomic E-state index is 12.4. The Morgan fingerprint density at radius 3 is 2.81 bits per heavy atom. The summed E-state index contributed by atoms with van der Waals surface area (Å²) in [6.07, 6.45) is 1.52. The van der Waals surface area contributed by atoms with Crippen molar-refractivity contribution >= 4 is 40.7 Å². The van der Waals surface area contributed by atoms with Crippen LogP contribution in [0.1, 0.15) is 11.1 Å². The van der Waals surface area contributed by atoms with Crippen molar-refractivity contribution in [2.75, 3.05) is 42.8 Å². The van der Waals surface area contributed by atoms with Crippen LogP contribution in [-0.2, 0) is 4.74 Å². The van der Waals surface area contributed by atoms with Crippen molar-refractivity contribution < 1.29 is 19.2 Å². The number of thioether (sulfide) groups is 1. The molecule has 11 nitrogen and oxygen atoms in total. The number of anilines is 1. The van der Waals surface area contributed by atoms with Crippen LogP contribution in [0.15, 0.2) is 38.3 Å². The molecule has 2 N–H and O–H groups in total. The van der Waals surface area contributed by atoms with Gasteiger partial charge in [0.05, 0.1) is 36.7 Å². The summed E-state index contributed by atoms with van der Waals surface area (Å²) in [6, 6.07) is 7.73. The van der Waals surface area contributed by atoms with E-state index in [9.17, 15) is 15.6 Å². The van der Waals surface area contributed by atoms with E-state index in [1.807, 2.05) is 22.5 Å². The number of hydrogen-bond donors (Lipinski definition) is 1. The zero-order chi connectivity index (χ0) is 22.5. The van der Waals surface area contributed by atoms with Crippen LogP contribution < -0.4 is 20.6 Å². The molecule has 0 aromatic carbocycles. The molecular formula is C19H16N8O3S2. The largest absolute Gasteiger partial charge is 0.861 e. The fraction of sp³-hybridized carbons (Fsp3) is 0.263. The number of hydrogen-bond acceptors (Lipinski definition) is 12. The molecule has 32 heavy (non-hydrogen) atoms. The Labute approximate surface area is 190 Å². The van der Waals surface area contributed by atoms with Crippen molar-refractivity contribution in [3.05, 3.63) is 34.8 Å². The Kier molecular flexibility index (Phi) is 6.51. The molecule has 4 heterocycles. The van der Waals surface area contributed by atoms with Crippen molar-refractivity contribution in [2.24, 2.45) is 4.99 Å². The van der Waals surface area contributed by atoms with E-state index >= 15 is 0 Å². The first-order valence-corrected chi connectivity index (χ1v) is 11.2. The highest BCUT2D eigenvalue weighted by molar-refractivity contribution is 8.00. The third-order valence-electron chi connectivity index (χ3n) is 4.47. The molecule has 0 aliphatic carbocycles. The van der Waals surface area contributed by atoms with Gasteiger partial charge in [-0.25, -0.2) is 9.98 Å². The number of pyridine rings is 1. The maximum Gasteiger partial charge on any atom is 0.324 e. The molecule has 0 saturated carbocycles. The number of nitrogens with zero attached hydrogens (tertiary/aromatic N) is 7. The average molecular weight is 469 g/mol. The molecule has 1 fully saturated rings. The highest BCUT2D eigenvalue weighted by Gasteiger charge is 2.23. The van der Waals surface area contributed by atoms with Crippen LogP contribution >= 0.6 is 23.1 Å². The van der Waals surface area contributed by atoms with Gasteiger partial charge < -0.3 is 15.6 Å². The predicted molar refractivity (Wildman–Crippen MR) is 115 cm³/mol. The van der Waals surface area contributed by atoms with Crippen LogP contribution in [0.3, 0.4) is 0 Å². The lowest BCUT2D eigenvalue weighted by atomic mass is 10.0. The van der Waals surface area contributed by atoms with Gasteiger partial charge in [0.15, 0.2) is 0 Å². The fourth-order valence-electron chi connectivity index (χ4n) is 3.03. The minimum Gasteiger partial charge on any atom is -0.861 e. The summed E-state index contributed by atoms with van der Waals surface area (Å²) < 4.78 is 10.4. The lowest BCUT2D eigenvalue weighted by Crippen LogP contribution is -2.62. The van der Waals surface area contributed by atoms with E-state index in [4.69, 9.17) is 15.0 Å². The van der Waals surface area contributed by atoms with Gasteiger partial charge in [-0.1, -0.05) is 17.8 Å². The fourth-order valence-corrected chi connectivity index (χ4v) is 4.59. The molecule has 0 atom stereocenters. The third kappa shape index (κ3) is 4.50. The number of thiophene rings is 1. The second kappa shape index (κ2) is 9.65. The van der Waals surface area contributed by atoms with Gasteiger partial charge in [0.2, 0.25) is 5.27 Å². The summed E-state index contributed by atoms with van der Waals surface area (Å²) in [5.41, 5.74) is 6.72. The molecule has 3 aromatic rings. The van der Waals surface area contributed by atoms with Crippen LogP contribution in [0.25, 0.3) is 10.4 Å². The average Bonchev–Trinajstić information content (AvgIpc) is 3.50. The number of nitriles is 2. The third-order valence-corrected chi connectivity index (χ3v) is 6.32. The molecule has 1 aliphatic heterocycles. The van der Waals surface area contributed by atoms with Crippen molar-refractivity contribution in [1.29, 1.82) is 10.5 Å². The molecule has 1 aliphatic rings. The minimum atomic E-state index is -0.494. The number of morpholine rings is 1. The van der Waals surface area contributed by atoms with E-state index < -0.39 is 5.90 Å². The maximum absolute atomic E-state index is 12.4. The van der Waals surface area contributed by atoms with Gasteiger partial charge in [-0.15, -0.1) is 16.3 Å². The number of rotatable bonds is 6. The second-order valence-corrected chi connectivity index (χ2v) is 8.36. The summed E-state index contributed by atoms with van der Waals surface area (Å²) in [5.74, 6) is -0.529. The first-order chi connectivity index (χ1) is 15.6. The van der Waals surface area contributed by atoms with Crippen molar-refractivity contribution in [1.82, 2.24) is 10.3 Å². The number of aliphatic imine (C=N–C) groups is 1. The summed E-state index contributed by atoms with van der Waals surface area (Å²) in [6.45, 7) is 2.46. The highest BCUT2D eigenvalue weighted by atomic mass is 32.2. The Hall–Kier alpha value is -3.65. The number of nitrogens with two attached hydrogens (primary N) is 1. The molecule has 0 amide bonds. The Morgan fingerprint density at radius 1 is 1.34 bits per heavy atom. The molecular weight excluding hydrogens is 452 g/mol. The van der Waals surface area contributed by atoms with Crippen molar-refractivity contribution in [3.8, 4) is 22.6 Å². The molecule has 13 heteroatoms. The van der Waals surface area contributed by atoms with E-state index in [0.29, 0.717) is 31.9 Å². The Balaban J connectivity index is 1.54. The summed E-state index contributed by atoms with van der Waals surface area (Å²) in [5, 5.41) is 39.5. The van der Waals surface area contributed by atoms with Gasteiger partial charge >= 0.3 is 5.88 Å². The van der Waals surface area contributed by atoms with Gasteiger partial charge in [-0.2, -0.15) is 10.5 Å².